The van der Waals surface area contributed by atoms with Crippen molar-refractivity contribution < 1.29 is 18.3 Å². The molecule has 0 atom stereocenters. The van der Waals surface area contributed by atoms with Crippen LogP contribution >= 0.6 is 11.3 Å². The Hall–Kier alpha value is -3.37. The Morgan fingerprint density at radius 2 is 1.89 bits per heavy atom. The van der Waals surface area contributed by atoms with Crippen molar-refractivity contribution in [3.05, 3.63) is 69.7 Å². The number of nitrogens with one attached hydrogen (secondary N) is 1. The topological polar surface area (TPSA) is 68.3 Å². The fourth-order valence-corrected chi connectivity index (χ4v) is 5.82. The van der Waals surface area contributed by atoms with Crippen LogP contribution in [0.5, 0.6) is 5.88 Å². The van der Waals surface area contributed by atoms with E-state index in [4.69, 9.17) is 0 Å². The number of thiazole rings is 1. The maximum Gasteiger partial charge on any atom is 0.416 e. The van der Waals surface area contributed by atoms with Crippen molar-refractivity contribution >= 4 is 39.0 Å². The van der Waals surface area contributed by atoms with Gasteiger partial charge in [-0.2, -0.15) is 23.3 Å². The van der Waals surface area contributed by atoms with Gasteiger partial charge in [-0.15, -0.1) is 0 Å². The molecule has 1 saturated carbocycles. The third-order valence-electron chi connectivity index (χ3n) is 7.10. The molecule has 4 aromatic rings. The standard InChI is InChI=1S/C27H26F3N5OS/c1-34-8-10-35(11-9-34)26-32-25(36)24(37-26)21(18-6-7-23-20(12-18)15-31-33-23)13-19-5-4-17(16-2-3-16)14-22(19)27(28,29)30/h4-7,12-16,36H,2-3,8-11H2,1H3,(H,31,33). The Bertz CT molecular complexity index is 1480. The first-order valence-corrected chi connectivity index (χ1v) is 13.1. The predicted molar refractivity (Wildman–Crippen MR) is 140 cm³/mol. The molecule has 0 bridgehead atoms. The molecule has 3 heterocycles. The number of aromatic hydroxyl groups is 1. The number of aromatic nitrogens is 3. The second-order valence-corrected chi connectivity index (χ2v) is 10.8. The molecular formula is C27H26F3N5OS. The van der Waals surface area contributed by atoms with Gasteiger partial charge in [-0.05, 0) is 66.8 Å². The smallest absolute Gasteiger partial charge is 0.416 e. The molecule has 2 N–H and O–H groups in total. The summed E-state index contributed by atoms with van der Waals surface area (Å²) in [4.78, 5) is 9.19. The van der Waals surface area contributed by atoms with E-state index >= 15 is 0 Å². The van der Waals surface area contributed by atoms with E-state index in [1.54, 1.807) is 18.3 Å². The van der Waals surface area contributed by atoms with Crippen molar-refractivity contribution in [2.45, 2.75) is 24.9 Å². The molecule has 2 aromatic carbocycles. The number of halogens is 3. The minimum absolute atomic E-state index is 0.0631. The van der Waals surface area contributed by atoms with Crippen LogP contribution in [-0.4, -0.2) is 58.4 Å². The van der Waals surface area contributed by atoms with Gasteiger partial charge >= 0.3 is 6.18 Å². The zero-order valence-electron chi connectivity index (χ0n) is 20.2. The van der Waals surface area contributed by atoms with Crippen LogP contribution in [0.25, 0.3) is 22.6 Å². The average molecular weight is 526 g/mol. The van der Waals surface area contributed by atoms with E-state index in [1.165, 1.54) is 23.5 Å². The second kappa shape index (κ2) is 9.18. The molecule has 1 aliphatic carbocycles. The van der Waals surface area contributed by atoms with Crippen molar-refractivity contribution in [1.29, 1.82) is 0 Å². The molecule has 2 aliphatic rings. The van der Waals surface area contributed by atoms with Gasteiger partial charge < -0.3 is 14.9 Å². The van der Waals surface area contributed by atoms with Gasteiger partial charge in [0.05, 0.1) is 17.3 Å². The van der Waals surface area contributed by atoms with Crippen LogP contribution in [-0.2, 0) is 6.18 Å². The van der Waals surface area contributed by atoms with Gasteiger partial charge in [0.15, 0.2) is 5.13 Å². The summed E-state index contributed by atoms with van der Waals surface area (Å²) in [5.74, 6) is 0.0272. The lowest BCUT2D eigenvalue weighted by molar-refractivity contribution is -0.137. The first kappa shape index (κ1) is 24.0. The molecule has 192 valence electrons. The fraction of sp³-hybridized carbons (Fsp3) is 0.333. The highest BCUT2D eigenvalue weighted by Gasteiger charge is 2.35. The summed E-state index contributed by atoms with van der Waals surface area (Å²) in [5.41, 5.74) is 2.11. The van der Waals surface area contributed by atoms with Crippen molar-refractivity contribution in [3.63, 3.8) is 0 Å². The van der Waals surface area contributed by atoms with E-state index in [0.29, 0.717) is 21.1 Å². The molecule has 0 radical (unpaired) electrons. The van der Waals surface area contributed by atoms with Crippen LogP contribution in [0.1, 0.15) is 45.9 Å². The number of hydrogen-bond acceptors (Lipinski definition) is 6. The Balaban J connectivity index is 1.49. The highest BCUT2D eigenvalue weighted by Crippen LogP contribution is 2.45. The van der Waals surface area contributed by atoms with E-state index in [2.05, 4.69) is 32.0 Å². The Morgan fingerprint density at radius 1 is 1.11 bits per heavy atom. The van der Waals surface area contributed by atoms with Crippen molar-refractivity contribution in [2.24, 2.45) is 0 Å². The maximum absolute atomic E-state index is 14.2. The Morgan fingerprint density at radius 3 is 2.62 bits per heavy atom. The summed E-state index contributed by atoms with van der Waals surface area (Å²) >= 11 is 1.30. The lowest BCUT2D eigenvalue weighted by Gasteiger charge is -2.31. The number of alkyl halides is 3. The first-order valence-electron chi connectivity index (χ1n) is 12.3. The molecule has 0 unspecified atom stereocenters. The van der Waals surface area contributed by atoms with Gasteiger partial charge in [0, 0.05) is 37.1 Å². The van der Waals surface area contributed by atoms with Gasteiger partial charge in [0.2, 0.25) is 5.88 Å². The lowest BCUT2D eigenvalue weighted by Crippen LogP contribution is -2.44. The molecule has 6 nitrogen and oxygen atoms in total. The lowest BCUT2D eigenvalue weighted by atomic mass is 9.95. The van der Waals surface area contributed by atoms with E-state index < -0.39 is 11.7 Å². The quantitative estimate of drug-likeness (QED) is 0.315. The summed E-state index contributed by atoms with van der Waals surface area (Å²) in [6, 6.07) is 10.1. The number of H-pyrrole nitrogens is 1. The van der Waals surface area contributed by atoms with Crippen LogP contribution in [0.3, 0.4) is 0 Å². The van der Waals surface area contributed by atoms with Gasteiger partial charge in [0.25, 0.3) is 0 Å². The molecule has 6 rings (SSSR count). The van der Waals surface area contributed by atoms with Crippen molar-refractivity contribution in [3.8, 4) is 5.88 Å². The zero-order valence-corrected chi connectivity index (χ0v) is 21.0. The Labute approximate surface area is 216 Å². The van der Waals surface area contributed by atoms with E-state index in [-0.39, 0.29) is 17.4 Å². The third-order valence-corrected chi connectivity index (χ3v) is 8.24. The van der Waals surface area contributed by atoms with Gasteiger partial charge in [-0.3, -0.25) is 5.10 Å². The molecule has 0 spiro atoms. The largest absolute Gasteiger partial charge is 0.492 e. The normalized spacial score (nSPS) is 17.6. The van der Waals surface area contributed by atoms with Crippen LogP contribution < -0.4 is 4.90 Å². The van der Waals surface area contributed by atoms with Gasteiger partial charge in [-0.1, -0.05) is 29.5 Å². The number of aromatic amines is 1. The maximum atomic E-state index is 14.2. The van der Waals surface area contributed by atoms with E-state index in [9.17, 15) is 18.3 Å². The van der Waals surface area contributed by atoms with Crippen LogP contribution in [0, 0.1) is 0 Å². The van der Waals surface area contributed by atoms with E-state index in [1.807, 2.05) is 18.2 Å². The summed E-state index contributed by atoms with van der Waals surface area (Å²) in [5, 5.41) is 19.4. The molecule has 2 aromatic heterocycles. The fourth-order valence-electron chi connectivity index (χ4n) is 4.77. The zero-order chi connectivity index (χ0) is 25.7. The summed E-state index contributed by atoms with van der Waals surface area (Å²) < 4.78 is 42.5. The van der Waals surface area contributed by atoms with Crippen LogP contribution in [0.15, 0.2) is 42.6 Å². The highest BCUT2D eigenvalue weighted by molar-refractivity contribution is 7.17. The molecule has 1 aliphatic heterocycles. The van der Waals surface area contributed by atoms with Crippen molar-refractivity contribution in [2.75, 3.05) is 38.1 Å². The molecule has 0 amide bonds. The number of nitrogens with zero attached hydrogens (tertiary/aromatic N) is 4. The third kappa shape index (κ3) is 4.83. The number of benzene rings is 2. The van der Waals surface area contributed by atoms with Crippen LogP contribution in [0.4, 0.5) is 18.3 Å². The summed E-state index contributed by atoms with van der Waals surface area (Å²) in [6.45, 7) is 3.28. The number of likely N-dealkylation sites (N-methyl/N-ethyl adjacent to an activating group) is 1. The second-order valence-electron chi connectivity index (χ2n) is 9.79. The van der Waals surface area contributed by atoms with Gasteiger partial charge in [0.1, 0.15) is 4.88 Å². The number of piperazine rings is 1. The molecule has 37 heavy (non-hydrogen) atoms. The van der Waals surface area contributed by atoms with Gasteiger partial charge in [-0.25, -0.2) is 0 Å². The molecular weight excluding hydrogens is 499 g/mol. The first-order chi connectivity index (χ1) is 17.8. The van der Waals surface area contributed by atoms with Crippen molar-refractivity contribution in [1.82, 2.24) is 20.1 Å². The molecule has 10 heteroatoms. The number of fused-ring (bicyclic) bond motifs is 1. The minimum atomic E-state index is -4.50. The number of hydrogen-bond donors (Lipinski definition) is 2. The molecule has 2 fully saturated rings. The summed E-state index contributed by atoms with van der Waals surface area (Å²) in [7, 11) is 2.06. The summed E-state index contributed by atoms with van der Waals surface area (Å²) in [6.07, 6.45) is 0.543. The van der Waals surface area contributed by atoms with E-state index in [0.717, 1.165) is 55.5 Å². The number of anilines is 1. The molecule has 1 saturated heterocycles. The SMILES string of the molecule is CN1CCN(c2nc(O)c(C(=Cc3ccc(C4CC4)cc3C(F)(F)F)c3ccc4[nH]ncc4c3)s2)CC1. The minimum Gasteiger partial charge on any atom is -0.492 e. The average Bonchev–Trinajstić information content (AvgIpc) is 3.49. The number of rotatable bonds is 5. The highest BCUT2D eigenvalue weighted by atomic mass is 32.1. The van der Waals surface area contributed by atoms with Crippen LogP contribution in [0.2, 0.25) is 0 Å². The monoisotopic (exact) mass is 525 g/mol. The predicted octanol–water partition coefficient (Wildman–Crippen LogP) is 5.96. The Kier molecular flexibility index (Phi) is 5.95.